The first-order chi connectivity index (χ1) is 14.2. The Bertz CT molecular complexity index is 1020. The van der Waals surface area contributed by atoms with Gasteiger partial charge in [-0.1, -0.05) is 66.7 Å². The maximum atomic E-state index is 6.06. The smallest absolute Gasteiger partial charge is 0.171 e. The lowest BCUT2D eigenvalue weighted by Gasteiger charge is -2.27. The fraction of sp³-hybridized carbons (Fsp3) is 0.125. The molecular formula is C24H22N2O2S. The second-order valence-electron chi connectivity index (χ2n) is 6.71. The van der Waals surface area contributed by atoms with Crippen LogP contribution in [0.1, 0.15) is 22.7 Å². The Kier molecular flexibility index (Phi) is 5.77. The minimum atomic E-state index is -0.0658. The number of methoxy groups -OCH3 is 1. The van der Waals surface area contributed by atoms with E-state index < -0.39 is 0 Å². The predicted molar refractivity (Wildman–Crippen MR) is 120 cm³/mol. The van der Waals surface area contributed by atoms with Crippen molar-refractivity contribution in [1.29, 1.82) is 0 Å². The van der Waals surface area contributed by atoms with Crippen LogP contribution in [0.25, 0.3) is 5.70 Å². The molecule has 0 radical (unpaired) electrons. The zero-order valence-corrected chi connectivity index (χ0v) is 16.9. The maximum absolute atomic E-state index is 6.06. The maximum Gasteiger partial charge on any atom is 0.171 e. The highest BCUT2D eigenvalue weighted by Gasteiger charge is 2.20. The normalized spacial score (nSPS) is 15.7. The quantitative estimate of drug-likeness (QED) is 0.578. The molecule has 4 nitrogen and oxygen atoms in total. The molecular weight excluding hydrogens is 380 g/mol. The van der Waals surface area contributed by atoms with Gasteiger partial charge in [-0.3, -0.25) is 0 Å². The van der Waals surface area contributed by atoms with Crippen LogP contribution in [0.2, 0.25) is 0 Å². The molecule has 4 rings (SSSR count). The van der Waals surface area contributed by atoms with Gasteiger partial charge >= 0.3 is 0 Å². The number of thiocarbonyl (C=S) groups is 1. The van der Waals surface area contributed by atoms with Crippen molar-refractivity contribution >= 4 is 23.0 Å². The van der Waals surface area contributed by atoms with Crippen molar-refractivity contribution in [1.82, 2.24) is 10.6 Å². The van der Waals surface area contributed by atoms with Crippen LogP contribution in [-0.4, -0.2) is 12.2 Å². The number of rotatable bonds is 6. The third kappa shape index (κ3) is 4.58. The van der Waals surface area contributed by atoms with Crippen LogP contribution in [0.4, 0.5) is 0 Å². The van der Waals surface area contributed by atoms with Crippen LogP contribution in [0.15, 0.2) is 84.9 Å². The van der Waals surface area contributed by atoms with Crippen molar-refractivity contribution in [3.63, 3.8) is 0 Å². The van der Waals surface area contributed by atoms with Gasteiger partial charge in [0.15, 0.2) is 16.6 Å². The summed E-state index contributed by atoms with van der Waals surface area (Å²) < 4.78 is 11.6. The van der Waals surface area contributed by atoms with E-state index in [1.807, 2.05) is 66.7 Å². The summed E-state index contributed by atoms with van der Waals surface area (Å²) in [4.78, 5) is 0. The Morgan fingerprint density at radius 1 is 0.897 bits per heavy atom. The number of nitrogens with one attached hydrogen (secondary N) is 2. The average molecular weight is 403 g/mol. The van der Waals surface area contributed by atoms with Gasteiger partial charge in [0.25, 0.3) is 0 Å². The fourth-order valence-corrected chi connectivity index (χ4v) is 3.49. The van der Waals surface area contributed by atoms with Crippen molar-refractivity contribution in [3.05, 3.63) is 102 Å². The topological polar surface area (TPSA) is 42.5 Å². The molecule has 3 aromatic carbocycles. The van der Waals surface area contributed by atoms with Gasteiger partial charge in [0.05, 0.1) is 13.2 Å². The van der Waals surface area contributed by atoms with Crippen LogP contribution >= 0.6 is 12.2 Å². The molecule has 2 N–H and O–H groups in total. The Morgan fingerprint density at radius 3 is 2.34 bits per heavy atom. The van der Waals surface area contributed by atoms with E-state index in [-0.39, 0.29) is 6.04 Å². The highest BCUT2D eigenvalue weighted by atomic mass is 32.1. The summed E-state index contributed by atoms with van der Waals surface area (Å²) in [5.41, 5.74) is 4.23. The van der Waals surface area contributed by atoms with Crippen molar-refractivity contribution in [2.45, 2.75) is 12.6 Å². The Hall–Kier alpha value is -3.31. The number of hydrogen-bond donors (Lipinski definition) is 2. The zero-order valence-electron chi connectivity index (χ0n) is 16.1. The Morgan fingerprint density at radius 2 is 1.62 bits per heavy atom. The summed E-state index contributed by atoms with van der Waals surface area (Å²) in [5.74, 6) is 1.41. The standard InChI is InChI=1S/C24H22N2O2S/c1-27-22-13-12-19(14-23(22)28-16-17-8-4-2-5-9-17)21-15-20(25-24(29)26-21)18-10-6-3-7-11-18/h2-15,21H,16H2,1H3,(H2,25,26,29)/t21-/m0/s1. The number of ether oxygens (including phenoxy) is 2. The van der Waals surface area contributed by atoms with Crippen molar-refractivity contribution < 1.29 is 9.47 Å². The lowest BCUT2D eigenvalue weighted by atomic mass is 10.0. The molecule has 0 bridgehead atoms. The highest BCUT2D eigenvalue weighted by molar-refractivity contribution is 7.80. The molecule has 29 heavy (non-hydrogen) atoms. The molecule has 0 amide bonds. The second-order valence-corrected chi connectivity index (χ2v) is 7.12. The second kappa shape index (κ2) is 8.80. The van der Waals surface area contributed by atoms with Crippen LogP contribution in [0.3, 0.4) is 0 Å². The molecule has 5 heteroatoms. The molecule has 0 spiro atoms. The zero-order chi connectivity index (χ0) is 20.1. The first-order valence-corrected chi connectivity index (χ1v) is 9.83. The van der Waals surface area contributed by atoms with Crippen LogP contribution < -0.4 is 20.1 Å². The number of hydrogen-bond acceptors (Lipinski definition) is 3. The summed E-state index contributed by atoms with van der Waals surface area (Å²) in [7, 11) is 1.65. The summed E-state index contributed by atoms with van der Waals surface area (Å²) in [6, 6.07) is 26.1. The molecule has 0 saturated heterocycles. The van der Waals surface area contributed by atoms with Gasteiger partial charge < -0.3 is 20.1 Å². The first kappa shape index (κ1) is 19.0. The molecule has 1 heterocycles. The Balaban J connectivity index is 1.61. The van der Waals surface area contributed by atoms with Gasteiger partial charge in [-0.05, 0) is 47.1 Å². The van der Waals surface area contributed by atoms with E-state index in [1.54, 1.807) is 7.11 Å². The summed E-state index contributed by atoms with van der Waals surface area (Å²) in [6.45, 7) is 0.476. The van der Waals surface area contributed by atoms with Crippen LogP contribution in [-0.2, 0) is 6.61 Å². The summed E-state index contributed by atoms with van der Waals surface area (Å²) in [5, 5.41) is 7.16. The monoisotopic (exact) mass is 402 g/mol. The minimum absolute atomic E-state index is 0.0658. The van der Waals surface area contributed by atoms with E-state index in [0.29, 0.717) is 23.2 Å². The third-order valence-corrected chi connectivity index (χ3v) is 4.96. The van der Waals surface area contributed by atoms with E-state index in [4.69, 9.17) is 21.7 Å². The predicted octanol–water partition coefficient (Wildman–Crippen LogP) is 4.83. The van der Waals surface area contributed by atoms with E-state index >= 15 is 0 Å². The van der Waals surface area contributed by atoms with Crippen LogP contribution in [0, 0.1) is 0 Å². The lowest BCUT2D eigenvalue weighted by Crippen LogP contribution is -2.40. The molecule has 1 atom stereocenters. The minimum Gasteiger partial charge on any atom is -0.493 e. The molecule has 0 aliphatic carbocycles. The Labute approximate surface area is 176 Å². The highest BCUT2D eigenvalue weighted by Crippen LogP contribution is 2.33. The van der Waals surface area contributed by atoms with Crippen LogP contribution in [0.5, 0.6) is 11.5 Å². The van der Waals surface area contributed by atoms with Crippen molar-refractivity contribution in [2.75, 3.05) is 7.11 Å². The van der Waals surface area contributed by atoms with Gasteiger partial charge in [0.2, 0.25) is 0 Å². The lowest BCUT2D eigenvalue weighted by molar-refractivity contribution is 0.284. The molecule has 3 aromatic rings. The van der Waals surface area contributed by atoms with Gasteiger partial charge in [-0.15, -0.1) is 0 Å². The average Bonchev–Trinajstić information content (AvgIpc) is 2.78. The van der Waals surface area contributed by atoms with Gasteiger partial charge in [0.1, 0.15) is 6.61 Å². The number of benzene rings is 3. The van der Waals surface area contributed by atoms with E-state index in [0.717, 1.165) is 22.4 Å². The SMILES string of the molecule is COc1ccc([C@@H]2C=C(c3ccccc3)NC(=S)N2)cc1OCc1ccccc1. The molecule has 1 aliphatic heterocycles. The van der Waals surface area contributed by atoms with E-state index in [9.17, 15) is 0 Å². The summed E-state index contributed by atoms with van der Waals surface area (Å²) in [6.07, 6.45) is 2.13. The van der Waals surface area contributed by atoms with Gasteiger partial charge in [0, 0.05) is 5.70 Å². The van der Waals surface area contributed by atoms with Gasteiger partial charge in [-0.2, -0.15) is 0 Å². The molecule has 0 aromatic heterocycles. The fourth-order valence-electron chi connectivity index (χ4n) is 3.25. The van der Waals surface area contributed by atoms with Crippen molar-refractivity contribution in [2.24, 2.45) is 0 Å². The molecule has 0 unspecified atom stereocenters. The third-order valence-electron chi connectivity index (χ3n) is 4.74. The first-order valence-electron chi connectivity index (χ1n) is 9.42. The molecule has 146 valence electrons. The largest absolute Gasteiger partial charge is 0.493 e. The van der Waals surface area contributed by atoms with Crippen molar-refractivity contribution in [3.8, 4) is 11.5 Å². The summed E-state index contributed by atoms with van der Waals surface area (Å²) >= 11 is 5.44. The molecule has 1 aliphatic rings. The molecule has 0 saturated carbocycles. The van der Waals surface area contributed by atoms with E-state index in [2.05, 4.69) is 28.8 Å². The van der Waals surface area contributed by atoms with Gasteiger partial charge in [-0.25, -0.2) is 0 Å². The molecule has 0 fully saturated rings. The van der Waals surface area contributed by atoms with E-state index in [1.165, 1.54) is 0 Å².